The maximum absolute atomic E-state index is 12.7. The summed E-state index contributed by atoms with van der Waals surface area (Å²) < 4.78 is 20.3. The lowest BCUT2D eigenvalue weighted by Crippen LogP contribution is -2.44. The van der Waals surface area contributed by atoms with Crippen LogP contribution in [-0.2, 0) is 13.6 Å². The summed E-state index contributed by atoms with van der Waals surface area (Å²) in [6, 6.07) is 12.5. The molecule has 0 aliphatic carbocycles. The molecule has 0 aromatic heterocycles. The topological polar surface area (TPSA) is 64.6 Å². The Bertz CT molecular complexity index is 780. The third-order valence-corrected chi connectivity index (χ3v) is 6.72. The van der Waals surface area contributed by atoms with Crippen LogP contribution in [0.5, 0.6) is 0 Å². The van der Waals surface area contributed by atoms with Gasteiger partial charge in [0.15, 0.2) is 5.78 Å². The zero-order valence-corrected chi connectivity index (χ0v) is 16.0. The molecule has 0 radical (unpaired) electrons. The van der Waals surface area contributed by atoms with Gasteiger partial charge in [-0.3, -0.25) is 9.36 Å². The van der Waals surface area contributed by atoms with Gasteiger partial charge in [-0.1, -0.05) is 71.2 Å². The molecule has 0 aliphatic rings. The van der Waals surface area contributed by atoms with Crippen molar-refractivity contribution in [2.75, 3.05) is 14.2 Å². The Kier molecular flexibility index (Phi) is 6.19. The van der Waals surface area contributed by atoms with E-state index in [2.05, 4.69) is 5.32 Å². The van der Waals surface area contributed by atoms with E-state index in [1.807, 2.05) is 18.2 Å². The number of halogens is 3. The maximum Gasteiger partial charge on any atom is 0.356 e. The monoisotopic (exact) mass is 409 g/mol. The first-order valence-electron chi connectivity index (χ1n) is 6.79. The highest BCUT2D eigenvalue weighted by atomic mass is 35.6. The van der Waals surface area contributed by atoms with Gasteiger partial charge >= 0.3 is 7.60 Å². The summed E-state index contributed by atoms with van der Waals surface area (Å²) in [5.74, 6) is -2.03. The summed E-state index contributed by atoms with van der Waals surface area (Å²) in [5, 5.41) is 4.05. The quantitative estimate of drug-likeness (QED) is 0.570. The number of hydrogen-bond acceptors (Lipinski definition) is 4. The van der Waals surface area contributed by atoms with E-state index in [1.165, 1.54) is 0 Å². The van der Waals surface area contributed by atoms with E-state index in [0.29, 0.717) is 10.9 Å². The minimum Gasteiger partial charge on any atom is -0.334 e. The molecule has 130 valence electrons. The Balaban J connectivity index is 2.42. The largest absolute Gasteiger partial charge is 0.356 e. The molecule has 0 heterocycles. The smallest absolute Gasteiger partial charge is 0.334 e. The van der Waals surface area contributed by atoms with E-state index in [-0.39, 0.29) is 0 Å². The van der Waals surface area contributed by atoms with E-state index in [0.717, 1.165) is 19.6 Å². The number of rotatable bonds is 5. The lowest BCUT2D eigenvalue weighted by Gasteiger charge is -2.30. The fraction of sp³-hybridized carbons (Fsp3) is 0.267. The first kappa shape index (κ1) is 19.5. The molecule has 0 saturated carbocycles. The first-order valence-corrected chi connectivity index (χ1v) is 9.54. The minimum atomic E-state index is -3.88. The predicted octanol–water partition coefficient (Wildman–Crippen LogP) is 4.75. The van der Waals surface area contributed by atoms with Crippen molar-refractivity contribution in [2.24, 2.45) is 0 Å². The van der Waals surface area contributed by atoms with Gasteiger partial charge in [-0.15, -0.1) is 0 Å². The summed E-state index contributed by atoms with van der Waals surface area (Å²) in [6.45, 7) is 0. The van der Waals surface area contributed by atoms with Gasteiger partial charge in [-0.25, -0.2) is 0 Å². The van der Waals surface area contributed by atoms with Gasteiger partial charge in [0, 0.05) is 19.8 Å². The van der Waals surface area contributed by atoms with Gasteiger partial charge in [-0.2, -0.15) is 0 Å². The summed E-state index contributed by atoms with van der Waals surface area (Å²) in [4.78, 5) is 12.7. The number of carbonyl (C=O) groups excluding carboxylic acids is 1. The van der Waals surface area contributed by atoms with Gasteiger partial charge in [0.1, 0.15) is 0 Å². The second-order valence-corrected chi connectivity index (χ2v) is 9.54. The maximum atomic E-state index is 12.7. The molecule has 1 amide bonds. The van der Waals surface area contributed by atoms with Crippen molar-refractivity contribution in [3.8, 4) is 0 Å². The van der Waals surface area contributed by atoms with Gasteiger partial charge in [0.05, 0.1) is 0 Å². The number of fused-ring (bicyclic) bond motifs is 1. The first-order chi connectivity index (χ1) is 11.2. The third kappa shape index (κ3) is 4.05. The summed E-state index contributed by atoms with van der Waals surface area (Å²) in [5.41, 5.74) is 0.353. The van der Waals surface area contributed by atoms with Crippen LogP contribution in [0.1, 0.15) is 10.4 Å². The molecular weight excluding hydrogens is 396 g/mol. The van der Waals surface area contributed by atoms with Crippen LogP contribution in [0, 0.1) is 0 Å². The molecule has 0 fully saturated rings. The van der Waals surface area contributed by atoms with Crippen LogP contribution in [0.2, 0.25) is 0 Å². The molecule has 0 bridgehead atoms. The van der Waals surface area contributed by atoms with Crippen molar-refractivity contribution in [3.05, 3.63) is 48.0 Å². The highest BCUT2D eigenvalue weighted by Gasteiger charge is 2.49. The van der Waals surface area contributed by atoms with Gasteiger partial charge < -0.3 is 14.4 Å². The molecule has 0 aliphatic heterocycles. The molecular formula is C15H15Cl3NO4P. The van der Waals surface area contributed by atoms with E-state index in [4.69, 9.17) is 43.9 Å². The number of nitrogens with one attached hydrogen (secondary N) is 1. The molecule has 5 nitrogen and oxygen atoms in total. The van der Waals surface area contributed by atoms with Crippen molar-refractivity contribution in [2.45, 2.75) is 9.58 Å². The van der Waals surface area contributed by atoms with Crippen molar-refractivity contribution in [3.63, 3.8) is 0 Å². The molecule has 2 aromatic rings. The van der Waals surface area contributed by atoms with Crippen molar-refractivity contribution in [1.82, 2.24) is 5.32 Å². The Morgan fingerprint density at radius 1 is 1.08 bits per heavy atom. The number of alkyl halides is 3. The Labute approximate surface area is 154 Å². The molecule has 9 heteroatoms. The highest BCUT2D eigenvalue weighted by molar-refractivity contribution is 7.55. The zero-order valence-electron chi connectivity index (χ0n) is 12.8. The van der Waals surface area contributed by atoms with Crippen LogP contribution < -0.4 is 5.32 Å². The van der Waals surface area contributed by atoms with Crippen LogP contribution in [0.3, 0.4) is 0 Å². The lowest BCUT2D eigenvalue weighted by atomic mass is 10.0. The van der Waals surface area contributed by atoms with E-state index >= 15 is 0 Å². The van der Waals surface area contributed by atoms with Crippen LogP contribution >= 0.6 is 42.4 Å². The normalized spacial score (nSPS) is 13.7. The van der Waals surface area contributed by atoms with Gasteiger partial charge in [-0.05, 0) is 16.8 Å². The van der Waals surface area contributed by atoms with Gasteiger partial charge in [0.25, 0.3) is 5.91 Å². The van der Waals surface area contributed by atoms with Crippen molar-refractivity contribution in [1.29, 1.82) is 0 Å². The van der Waals surface area contributed by atoms with Crippen molar-refractivity contribution >= 4 is 59.1 Å². The van der Waals surface area contributed by atoms with Crippen LogP contribution in [0.15, 0.2) is 42.5 Å². The Hall–Kier alpha value is -0.810. The second kappa shape index (κ2) is 7.61. The third-order valence-electron chi connectivity index (χ3n) is 3.44. The Morgan fingerprint density at radius 3 is 2.25 bits per heavy atom. The summed E-state index contributed by atoms with van der Waals surface area (Å²) >= 11 is 17.6. The second-order valence-electron chi connectivity index (χ2n) is 4.85. The van der Waals surface area contributed by atoms with Crippen LogP contribution in [0.4, 0.5) is 0 Å². The Morgan fingerprint density at radius 2 is 1.67 bits per heavy atom. The lowest BCUT2D eigenvalue weighted by molar-refractivity contribution is 0.0943. The molecule has 2 rings (SSSR count). The zero-order chi connectivity index (χ0) is 18.0. The summed E-state index contributed by atoms with van der Waals surface area (Å²) in [7, 11) is -1.57. The van der Waals surface area contributed by atoms with E-state index < -0.39 is 23.1 Å². The SMILES string of the molecule is COP(=O)(OC)[C@@H](NC(=O)c1cccc2ccccc12)C(Cl)(Cl)Cl. The number of amides is 1. The fourth-order valence-corrected chi connectivity index (χ4v) is 4.69. The molecule has 0 saturated heterocycles. The standard InChI is InChI=1S/C15H15Cl3NO4P/c1-22-24(21,23-2)14(15(16,17)18)19-13(20)12-9-5-7-10-6-3-4-8-11(10)12/h3-9,14H,1-2H3,(H,19,20)/t14-/m1/s1. The number of hydrogen-bond donors (Lipinski definition) is 1. The fourth-order valence-electron chi connectivity index (χ4n) is 2.25. The molecule has 1 atom stereocenters. The minimum absolute atomic E-state index is 0.353. The molecule has 0 spiro atoms. The highest BCUT2D eigenvalue weighted by Crippen LogP contribution is 2.57. The average molecular weight is 411 g/mol. The van der Waals surface area contributed by atoms with Crippen LogP contribution in [-0.4, -0.2) is 29.7 Å². The molecule has 1 N–H and O–H groups in total. The average Bonchev–Trinajstić information content (AvgIpc) is 2.57. The van der Waals surface area contributed by atoms with Crippen LogP contribution in [0.25, 0.3) is 10.8 Å². The van der Waals surface area contributed by atoms with Gasteiger partial charge in [0.2, 0.25) is 3.79 Å². The number of carbonyl (C=O) groups is 1. The number of benzene rings is 2. The molecule has 0 unspecified atom stereocenters. The predicted molar refractivity (Wildman–Crippen MR) is 97.1 cm³/mol. The molecule has 2 aromatic carbocycles. The molecule has 24 heavy (non-hydrogen) atoms. The van der Waals surface area contributed by atoms with E-state index in [9.17, 15) is 9.36 Å². The van der Waals surface area contributed by atoms with Crippen molar-refractivity contribution < 1.29 is 18.4 Å². The van der Waals surface area contributed by atoms with E-state index in [1.54, 1.807) is 24.3 Å². The summed E-state index contributed by atoms with van der Waals surface area (Å²) in [6.07, 6.45) is 0.